The Labute approximate surface area is 110 Å². The second kappa shape index (κ2) is 5.02. The van der Waals surface area contributed by atoms with E-state index in [9.17, 15) is 4.79 Å². The molecule has 0 unspecified atom stereocenters. The van der Waals surface area contributed by atoms with Crippen molar-refractivity contribution >= 4 is 28.8 Å². The molecule has 5 heteroatoms. The van der Waals surface area contributed by atoms with E-state index in [4.69, 9.17) is 4.74 Å². The van der Waals surface area contributed by atoms with Crippen LogP contribution in [0.4, 0.5) is 0 Å². The van der Waals surface area contributed by atoms with Gasteiger partial charge in [0.05, 0.1) is 17.6 Å². The van der Waals surface area contributed by atoms with Crippen molar-refractivity contribution in [3.05, 3.63) is 24.3 Å². The number of nitrogens with one attached hydrogen (secondary N) is 1. The van der Waals surface area contributed by atoms with Crippen molar-refractivity contribution in [3.8, 4) is 0 Å². The fourth-order valence-electron chi connectivity index (χ4n) is 1.57. The van der Waals surface area contributed by atoms with Crippen molar-refractivity contribution in [1.82, 2.24) is 9.97 Å². The van der Waals surface area contributed by atoms with Gasteiger partial charge in [0.15, 0.2) is 5.16 Å². The minimum atomic E-state index is -0.649. The number of esters is 1. The van der Waals surface area contributed by atoms with E-state index in [0.717, 1.165) is 16.2 Å². The second-order valence-corrected chi connectivity index (χ2v) is 6.00. The second-order valence-electron chi connectivity index (χ2n) is 4.39. The molecule has 4 nitrogen and oxygen atoms in total. The van der Waals surface area contributed by atoms with Gasteiger partial charge < -0.3 is 9.72 Å². The average molecular weight is 264 g/mol. The Morgan fingerprint density at radius 1 is 1.44 bits per heavy atom. The third-order valence-electron chi connectivity index (χ3n) is 2.49. The lowest BCUT2D eigenvalue weighted by atomic mass is 10.2. The Morgan fingerprint density at radius 3 is 2.83 bits per heavy atom. The summed E-state index contributed by atoms with van der Waals surface area (Å²) in [5.41, 5.74) is 1.87. The Hall–Kier alpha value is -1.49. The summed E-state index contributed by atoms with van der Waals surface area (Å²) in [5, 5.41) is 0.731. The van der Waals surface area contributed by atoms with Gasteiger partial charge in [-0.3, -0.25) is 4.79 Å². The number of imidazole rings is 1. The Kier molecular flexibility index (Phi) is 3.61. The molecule has 1 N–H and O–H groups in total. The number of carbonyl (C=O) groups excluding carboxylic acids is 1. The lowest BCUT2D eigenvalue weighted by Gasteiger charge is -2.19. The van der Waals surface area contributed by atoms with E-state index in [1.807, 2.05) is 38.1 Å². The van der Waals surface area contributed by atoms with Crippen molar-refractivity contribution in [1.29, 1.82) is 0 Å². The Morgan fingerprint density at radius 2 is 2.17 bits per heavy atom. The minimum Gasteiger partial charge on any atom is -0.465 e. The van der Waals surface area contributed by atoms with Crippen LogP contribution in [0.3, 0.4) is 0 Å². The molecule has 0 aliphatic heterocycles. The molecule has 0 spiro atoms. The Balaban J connectivity index is 2.20. The number of nitrogens with zero attached hydrogens (tertiary/aromatic N) is 1. The number of aromatic amines is 1. The first-order chi connectivity index (χ1) is 8.53. The van der Waals surface area contributed by atoms with Gasteiger partial charge in [-0.15, -0.1) is 0 Å². The number of fused-ring (bicyclic) bond motifs is 1. The molecule has 96 valence electrons. The van der Waals surface area contributed by atoms with E-state index in [1.54, 1.807) is 6.92 Å². The zero-order chi connectivity index (χ0) is 13.2. The number of hydrogen-bond acceptors (Lipinski definition) is 4. The SMILES string of the molecule is CCOC(=O)C(C)(C)Sc1nc2ccccc2[nH]1. The third-order valence-corrected chi connectivity index (χ3v) is 3.55. The monoisotopic (exact) mass is 264 g/mol. The van der Waals surface area contributed by atoms with Crippen LogP contribution in [0.15, 0.2) is 29.4 Å². The molecule has 2 aromatic rings. The largest absolute Gasteiger partial charge is 0.465 e. The van der Waals surface area contributed by atoms with Crippen LogP contribution >= 0.6 is 11.8 Å². The van der Waals surface area contributed by atoms with Gasteiger partial charge in [0.2, 0.25) is 0 Å². The van der Waals surface area contributed by atoms with Gasteiger partial charge in [-0.25, -0.2) is 4.98 Å². The summed E-state index contributed by atoms with van der Waals surface area (Å²) in [7, 11) is 0. The number of aromatic nitrogens is 2. The van der Waals surface area contributed by atoms with E-state index in [-0.39, 0.29) is 5.97 Å². The zero-order valence-electron chi connectivity index (χ0n) is 10.7. The smallest absolute Gasteiger partial charge is 0.322 e. The highest BCUT2D eigenvalue weighted by atomic mass is 32.2. The summed E-state index contributed by atoms with van der Waals surface area (Å²) in [6, 6.07) is 7.79. The summed E-state index contributed by atoms with van der Waals surface area (Å²) >= 11 is 1.38. The van der Waals surface area contributed by atoms with E-state index in [1.165, 1.54) is 11.8 Å². The quantitative estimate of drug-likeness (QED) is 0.681. The molecule has 18 heavy (non-hydrogen) atoms. The van der Waals surface area contributed by atoms with Crippen LogP contribution < -0.4 is 0 Å². The highest BCUT2D eigenvalue weighted by Gasteiger charge is 2.31. The van der Waals surface area contributed by atoms with E-state index in [0.29, 0.717) is 6.61 Å². The third kappa shape index (κ3) is 2.67. The molecule has 0 bridgehead atoms. The summed E-state index contributed by atoms with van der Waals surface area (Å²) in [4.78, 5) is 19.4. The average Bonchev–Trinajstić information content (AvgIpc) is 2.70. The van der Waals surface area contributed by atoms with E-state index < -0.39 is 4.75 Å². The molecule has 1 aromatic heterocycles. The first-order valence-corrected chi connectivity index (χ1v) is 6.65. The normalized spacial score (nSPS) is 11.7. The van der Waals surface area contributed by atoms with Crippen molar-refractivity contribution in [2.75, 3.05) is 6.61 Å². The number of rotatable bonds is 4. The Bertz CT molecular complexity index is 530. The fourth-order valence-corrected chi connectivity index (χ4v) is 2.50. The van der Waals surface area contributed by atoms with Crippen molar-refractivity contribution < 1.29 is 9.53 Å². The number of benzene rings is 1. The summed E-state index contributed by atoms with van der Waals surface area (Å²) in [5.74, 6) is -0.226. The maximum absolute atomic E-state index is 11.8. The number of H-pyrrole nitrogens is 1. The van der Waals surface area contributed by atoms with Crippen LogP contribution in [0.25, 0.3) is 11.0 Å². The van der Waals surface area contributed by atoms with E-state index >= 15 is 0 Å². The molecule has 0 aliphatic rings. The molecular formula is C13H16N2O2S. The molecular weight excluding hydrogens is 248 g/mol. The summed E-state index contributed by atoms with van der Waals surface area (Å²) in [6.07, 6.45) is 0. The number of ether oxygens (including phenoxy) is 1. The summed E-state index contributed by atoms with van der Waals surface area (Å²) in [6.45, 7) is 5.87. The molecule has 1 aromatic carbocycles. The number of hydrogen-bond donors (Lipinski definition) is 1. The van der Waals surface area contributed by atoms with Crippen LogP contribution in [0.5, 0.6) is 0 Å². The summed E-state index contributed by atoms with van der Waals surface area (Å²) < 4.78 is 4.40. The topological polar surface area (TPSA) is 55.0 Å². The maximum Gasteiger partial charge on any atom is 0.322 e. The first kappa shape index (κ1) is 13.0. The zero-order valence-corrected chi connectivity index (χ0v) is 11.5. The van der Waals surface area contributed by atoms with E-state index in [2.05, 4.69) is 9.97 Å². The lowest BCUT2D eigenvalue weighted by molar-refractivity contribution is -0.145. The predicted molar refractivity (Wildman–Crippen MR) is 72.7 cm³/mol. The molecule has 0 saturated carbocycles. The number of thioether (sulfide) groups is 1. The van der Waals surface area contributed by atoms with Crippen molar-refractivity contribution in [3.63, 3.8) is 0 Å². The molecule has 0 atom stereocenters. The van der Waals surface area contributed by atoms with Crippen LogP contribution in [-0.2, 0) is 9.53 Å². The molecule has 1 heterocycles. The maximum atomic E-state index is 11.8. The fraction of sp³-hybridized carbons (Fsp3) is 0.385. The van der Waals surface area contributed by atoms with Crippen molar-refractivity contribution in [2.24, 2.45) is 0 Å². The van der Waals surface area contributed by atoms with Gasteiger partial charge in [0.25, 0.3) is 0 Å². The molecule has 0 amide bonds. The van der Waals surface area contributed by atoms with Crippen LogP contribution in [0, 0.1) is 0 Å². The molecule has 2 rings (SSSR count). The van der Waals surface area contributed by atoms with Gasteiger partial charge in [-0.1, -0.05) is 23.9 Å². The number of para-hydroxylation sites is 2. The van der Waals surface area contributed by atoms with Gasteiger partial charge in [-0.05, 0) is 32.9 Å². The van der Waals surface area contributed by atoms with Gasteiger partial charge >= 0.3 is 5.97 Å². The highest BCUT2D eigenvalue weighted by molar-refractivity contribution is 8.01. The number of carbonyl (C=O) groups is 1. The molecule has 0 fully saturated rings. The predicted octanol–water partition coefficient (Wildman–Crippen LogP) is 3.00. The molecule has 0 aliphatic carbocycles. The highest BCUT2D eigenvalue weighted by Crippen LogP contribution is 2.32. The van der Waals surface area contributed by atoms with Crippen LogP contribution in [-0.4, -0.2) is 27.3 Å². The minimum absolute atomic E-state index is 0.226. The molecule has 0 saturated heterocycles. The van der Waals surface area contributed by atoms with Gasteiger partial charge in [0, 0.05) is 0 Å². The lowest BCUT2D eigenvalue weighted by Crippen LogP contribution is -2.30. The van der Waals surface area contributed by atoms with Crippen LogP contribution in [0.2, 0.25) is 0 Å². The van der Waals surface area contributed by atoms with Gasteiger partial charge in [0.1, 0.15) is 4.75 Å². The first-order valence-electron chi connectivity index (χ1n) is 5.84. The molecule has 0 radical (unpaired) electrons. The standard InChI is InChI=1S/C13H16N2O2S/c1-4-17-11(16)13(2,3)18-12-14-9-7-5-6-8-10(9)15-12/h5-8H,4H2,1-3H3,(H,14,15). The van der Waals surface area contributed by atoms with Crippen LogP contribution in [0.1, 0.15) is 20.8 Å². The van der Waals surface area contributed by atoms with Crippen molar-refractivity contribution in [2.45, 2.75) is 30.7 Å². The van der Waals surface area contributed by atoms with Gasteiger partial charge in [-0.2, -0.15) is 0 Å².